The molecular weight excluding hydrogens is 322 g/mol. The number of hydrogen-bond donors (Lipinski definition) is 1. The van der Waals surface area contributed by atoms with Crippen LogP contribution in [0.25, 0.3) is 10.7 Å². The molecule has 2 unspecified atom stereocenters. The van der Waals surface area contributed by atoms with Gasteiger partial charge in [-0.05, 0) is 31.9 Å². The third-order valence-electron chi connectivity index (χ3n) is 4.60. The van der Waals surface area contributed by atoms with Gasteiger partial charge in [0, 0.05) is 25.7 Å². The second-order valence-corrected chi connectivity index (χ2v) is 7.45. The van der Waals surface area contributed by atoms with Gasteiger partial charge in [-0.1, -0.05) is 18.9 Å². The predicted octanol–water partition coefficient (Wildman–Crippen LogP) is 3.14. The maximum Gasteiger partial charge on any atom is 0.265 e. The SMILES string of the molecule is Cc1nc(-c2ccccn2)sc1C(=O)N(C)CC1CCCCC1O. The number of thiazole rings is 1. The molecule has 2 aromatic heterocycles. The molecule has 1 amide bonds. The van der Waals surface area contributed by atoms with Crippen LogP contribution in [0.4, 0.5) is 0 Å². The predicted molar refractivity (Wildman–Crippen MR) is 95.0 cm³/mol. The summed E-state index contributed by atoms with van der Waals surface area (Å²) >= 11 is 1.38. The normalized spacial score (nSPS) is 20.8. The third kappa shape index (κ3) is 3.65. The van der Waals surface area contributed by atoms with Crippen molar-refractivity contribution in [3.8, 4) is 10.7 Å². The van der Waals surface area contributed by atoms with Crippen LogP contribution in [0.2, 0.25) is 0 Å². The van der Waals surface area contributed by atoms with Gasteiger partial charge >= 0.3 is 0 Å². The number of amides is 1. The van der Waals surface area contributed by atoms with Gasteiger partial charge in [0.2, 0.25) is 0 Å². The number of aliphatic hydroxyl groups is 1. The van der Waals surface area contributed by atoms with Gasteiger partial charge in [-0.3, -0.25) is 9.78 Å². The molecule has 1 aliphatic rings. The van der Waals surface area contributed by atoms with E-state index in [1.54, 1.807) is 11.1 Å². The van der Waals surface area contributed by atoms with Gasteiger partial charge in [0.1, 0.15) is 9.88 Å². The lowest BCUT2D eigenvalue weighted by atomic mass is 9.86. The first kappa shape index (κ1) is 17.0. The molecule has 5 nitrogen and oxygen atoms in total. The van der Waals surface area contributed by atoms with Crippen molar-refractivity contribution in [2.24, 2.45) is 5.92 Å². The van der Waals surface area contributed by atoms with Crippen molar-refractivity contribution in [2.75, 3.05) is 13.6 Å². The molecule has 0 saturated heterocycles. The number of aryl methyl sites for hydroxylation is 1. The Morgan fingerprint density at radius 2 is 2.17 bits per heavy atom. The van der Waals surface area contributed by atoms with Crippen molar-refractivity contribution < 1.29 is 9.90 Å². The Morgan fingerprint density at radius 3 is 2.88 bits per heavy atom. The Morgan fingerprint density at radius 1 is 1.38 bits per heavy atom. The van der Waals surface area contributed by atoms with Crippen LogP contribution in [0, 0.1) is 12.8 Å². The summed E-state index contributed by atoms with van der Waals surface area (Å²) in [5, 5.41) is 10.9. The van der Waals surface area contributed by atoms with Crippen molar-refractivity contribution in [3.63, 3.8) is 0 Å². The quantitative estimate of drug-likeness (QED) is 0.924. The van der Waals surface area contributed by atoms with Crippen molar-refractivity contribution >= 4 is 17.2 Å². The fraction of sp³-hybridized carbons (Fsp3) is 0.500. The number of carbonyl (C=O) groups excluding carboxylic acids is 1. The Labute approximate surface area is 146 Å². The number of rotatable bonds is 4. The summed E-state index contributed by atoms with van der Waals surface area (Å²) in [5.41, 5.74) is 1.52. The van der Waals surface area contributed by atoms with E-state index >= 15 is 0 Å². The van der Waals surface area contributed by atoms with Gasteiger partial charge in [-0.2, -0.15) is 0 Å². The largest absolute Gasteiger partial charge is 0.393 e. The highest BCUT2D eigenvalue weighted by Gasteiger charge is 2.27. The van der Waals surface area contributed by atoms with Gasteiger partial charge in [0.15, 0.2) is 0 Å². The van der Waals surface area contributed by atoms with Crippen LogP contribution in [0.3, 0.4) is 0 Å². The topological polar surface area (TPSA) is 66.3 Å². The molecule has 0 radical (unpaired) electrons. The van der Waals surface area contributed by atoms with Crippen LogP contribution >= 0.6 is 11.3 Å². The van der Waals surface area contributed by atoms with Gasteiger partial charge in [-0.15, -0.1) is 11.3 Å². The van der Waals surface area contributed by atoms with Crippen LogP contribution in [-0.2, 0) is 0 Å². The molecule has 6 heteroatoms. The minimum Gasteiger partial charge on any atom is -0.393 e. The monoisotopic (exact) mass is 345 g/mol. The van der Waals surface area contributed by atoms with Crippen molar-refractivity contribution in [2.45, 2.75) is 38.7 Å². The number of pyridine rings is 1. The second kappa shape index (κ2) is 7.40. The van der Waals surface area contributed by atoms with Crippen LogP contribution in [0.15, 0.2) is 24.4 Å². The van der Waals surface area contributed by atoms with Crippen molar-refractivity contribution in [1.29, 1.82) is 0 Å². The van der Waals surface area contributed by atoms with E-state index in [-0.39, 0.29) is 17.9 Å². The lowest BCUT2D eigenvalue weighted by molar-refractivity contribution is 0.0453. The van der Waals surface area contributed by atoms with Gasteiger partial charge in [-0.25, -0.2) is 4.98 Å². The minimum atomic E-state index is -0.291. The average Bonchev–Trinajstić information content (AvgIpc) is 2.99. The van der Waals surface area contributed by atoms with E-state index in [1.807, 2.05) is 32.2 Å². The van der Waals surface area contributed by atoms with E-state index in [1.165, 1.54) is 11.3 Å². The van der Waals surface area contributed by atoms with Crippen LogP contribution in [-0.4, -0.2) is 45.6 Å². The van der Waals surface area contributed by atoms with Gasteiger partial charge < -0.3 is 10.0 Å². The molecule has 2 heterocycles. The van der Waals surface area contributed by atoms with E-state index in [2.05, 4.69) is 9.97 Å². The first-order valence-corrected chi connectivity index (χ1v) is 9.20. The first-order chi connectivity index (χ1) is 11.6. The van der Waals surface area contributed by atoms with Gasteiger partial charge in [0.25, 0.3) is 5.91 Å². The van der Waals surface area contributed by atoms with E-state index in [0.29, 0.717) is 11.4 Å². The third-order valence-corrected chi connectivity index (χ3v) is 5.77. The Bertz CT molecular complexity index is 702. The van der Waals surface area contributed by atoms with Crippen LogP contribution in [0.5, 0.6) is 0 Å². The summed E-state index contributed by atoms with van der Waals surface area (Å²) < 4.78 is 0. The highest BCUT2D eigenvalue weighted by molar-refractivity contribution is 7.17. The molecule has 1 aliphatic carbocycles. The molecule has 2 aromatic rings. The molecule has 3 rings (SSSR count). The van der Waals surface area contributed by atoms with Crippen LogP contribution in [0.1, 0.15) is 41.0 Å². The van der Waals surface area contributed by atoms with E-state index in [9.17, 15) is 9.90 Å². The fourth-order valence-electron chi connectivity index (χ4n) is 3.20. The fourth-order valence-corrected chi connectivity index (χ4v) is 4.24. The number of hydrogen-bond acceptors (Lipinski definition) is 5. The molecular formula is C18H23N3O2S. The summed E-state index contributed by atoms with van der Waals surface area (Å²) in [7, 11) is 1.81. The number of nitrogens with zero attached hydrogens (tertiary/aromatic N) is 3. The lowest BCUT2D eigenvalue weighted by Crippen LogP contribution is -2.38. The van der Waals surface area contributed by atoms with Crippen LogP contribution < -0.4 is 0 Å². The first-order valence-electron chi connectivity index (χ1n) is 8.38. The van der Waals surface area contributed by atoms with Crippen molar-refractivity contribution in [1.82, 2.24) is 14.9 Å². The molecule has 24 heavy (non-hydrogen) atoms. The van der Waals surface area contributed by atoms with Gasteiger partial charge in [0.05, 0.1) is 17.5 Å². The minimum absolute atomic E-state index is 0.0232. The molecule has 0 bridgehead atoms. The molecule has 0 spiro atoms. The molecule has 2 atom stereocenters. The molecule has 0 aliphatic heterocycles. The summed E-state index contributed by atoms with van der Waals surface area (Å²) in [6.07, 6.45) is 5.48. The van der Waals surface area contributed by atoms with Crippen molar-refractivity contribution in [3.05, 3.63) is 35.0 Å². The zero-order valence-electron chi connectivity index (χ0n) is 14.1. The summed E-state index contributed by atoms with van der Waals surface area (Å²) in [5.74, 6) is 0.154. The Kier molecular flexibility index (Phi) is 5.26. The zero-order chi connectivity index (χ0) is 17.1. The Hall–Kier alpha value is -1.79. The molecule has 1 saturated carbocycles. The summed E-state index contributed by atoms with van der Waals surface area (Å²) in [6, 6.07) is 5.67. The van der Waals surface area contributed by atoms with E-state index < -0.39 is 0 Å². The van der Waals surface area contributed by atoms with E-state index in [4.69, 9.17) is 0 Å². The second-order valence-electron chi connectivity index (χ2n) is 6.45. The number of aromatic nitrogens is 2. The smallest absolute Gasteiger partial charge is 0.265 e. The summed E-state index contributed by atoms with van der Waals surface area (Å²) in [4.78, 5) is 24.0. The Balaban J connectivity index is 1.73. The zero-order valence-corrected chi connectivity index (χ0v) is 14.9. The molecule has 1 fully saturated rings. The standard InChI is InChI=1S/C18H23N3O2S/c1-12-16(24-17(20-12)14-8-5-6-10-19-14)18(23)21(2)11-13-7-3-4-9-15(13)22/h5-6,8,10,13,15,22H,3-4,7,9,11H2,1-2H3. The number of carbonyl (C=O) groups is 1. The lowest BCUT2D eigenvalue weighted by Gasteiger charge is -2.31. The highest BCUT2D eigenvalue weighted by atomic mass is 32.1. The van der Waals surface area contributed by atoms with E-state index in [0.717, 1.165) is 42.1 Å². The maximum absolute atomic E-state index is 12.8. The molecule has 1 N–H and O–H groups in total. The highest BCUT2D eigenvalue weighted by Crippen LogP contribution is 2.29. The number of aliphatic hydroxyl groups excluding tert-OH is 1. The molecule has 0 aromatic carbocycles. The summed E-state index contributed by atoms with van der Waals surface area (Å²) in [6.45, 7) is 2.45. The molecule has 128 valence electrons. The maximum atomic E-state index is 12.8. The average molecular weight is 345 g/mol.